The molecule has 1 aromatic carbocycles. The number of nitrogens with one attached hydrogen (secondary N) is 1. The summed E-state index contributed by atoms with van der Waals surface area (Å²) in [5, 5.41) is 3.55. The Hall–Kier alpha value is -1.66. The van der Waals surface area contributed by atoms with Gasteiger partial charge in [0.1, 0.15) is 5.82 Å². The van der Waals surface area contributed by atoms with Crippen LogP contribution in [0.15, 0.2) is 34.9 Å². The zero-order valence-electron chi connectivity index (χ0n) is 14.6. The molecule has 1 saturated heterocycles. The van der Waals surface area contributed by atoms with E-state index < -0.39 is 0 Å². The maximum atomic E-state index is 13.8. The molecule has 1 aliphatic heterocycles. The molecule has 1 aromatic heterocycles. The SMILES string of the molecule is COc1ccc(CN2CCC(Nc3ncc(Br)cc3C)CC2)cc1F. The van der Waals surface area contributed by atoms with Gasteiger partial charge in [0.25, 0.3) is 0 Å². The molecule has 2 aromatic rings. The second-order valence-corrected chi connectivity index (χ2v) is 7.40. The highest BCUT2D eigenvalue weighted by atomic mass is 79.9. The fourth-order valence-corrected chi connectivity index (χ4v) is 3.63. The normalized spacial score (nSPS) is 16.0. The van der Waals surface area contributed by atoms with Crippen LogP contribution in [-0.2, 0) is 6.54 Å². The van der Waals surface area contributed by atoms with Gasteiger partial charge in [-0.15, -0.1) is 0 Å². The average Bonchev–Trinajstić information content (AvgIpc) is 2.59. The molecule has 1 fully saturated rings. The Labute approximate surface area is 156 Å². The van der Waals surface area contributed by atoms with Crippen LogP contribution in [0.5, 0.6) is 5.75 Å². The molecule has 1 aliphatic rings. The minimum Gasteiger partial charge on any atom is -0.494 e. The molecule has 0 saturated carbocycles. The van der Waals surface area contributed by atoms with Crippen LogP contribution in [0.4, 0.5) is 10.2 Å². The van der Waals surface area contributed by atoms with E-state index in [9.17, 15) is 4.39 Å². The van der Waals surface area contributed by atoms with E-state index in [-0.39, 0.29) is 5.82 Å². The van der Waals surface area contributed by atoms with E-state index in [1.54, 1.807) is 12.1 Å². The van der Waals surface area contributed by atoms with Crippen LogP contribution < -0.4 is 10.1 Å². The van der Waals surface area contributed by atoms with Gasteiger partial charge in [0.15, 0.2) is 11.6 Å². The lowest BCUT2D eigenvalue weighted by Gasteiger charge is -2.33. The van der Waals surface area contributed by atoms with Crippen LogP contribution in [-0.4, -0.2) is 36.1 Å². The lowest BCUT2D eigenvalue weighted by atomic mass is 10.0. The molecule has 0 atom stereocenters. The second-order valence-electron chi connectivity index (χ2n) is 6.48. The summed E-state index contributed by atoms with van der Waals surface area (Å²) in [5.74, 6) is 0.955. The zero-order valence-corrected chi connectivity index (χ0v) is 16.1. The predicted octanol–water partition coefficient (Wildman–Crippen LogP) is 4.38. The molecule has 2 heterocycles. The standard InChI is InChI=1S/C19H23BrFN3O/c1-13-9-15(20)11-22-19(13)23-16-5-7-24(8-6-16)12-14-3-4-18(25-2)17(21)10-14/h3-4,9-11,16H,5-8,12H2,1-2H3,(H,22,23). The van der Waals surface area contributed by atoms with Crippen LogP contribution >= 0.6 is 15.9 Å². The average molecular weight is 408 g/mol. The van der Waals surface area contributed by atoms with Gasteiger partial charge in [-0.25, -0.2) is 9.37 Å². The number of anilines is 1. The number of ether oxygens (including phenoxy) is 1. The van der Waals surface area contributed by atoms with Gasteiger partial charge in [-0.05, 0) is 65.0 Å². The highest BCUT2D eigenvalue weighted by Crippen LogP contribution is 2.23. The molecular weight excluding hydrogens is 385 g/mol. The van der Waals surface area contributed by atoms with Gasteiger partial charge >= 0.3 is 0 Å². The molecule has 25 heavy (non-hydrogen) atoms. The quantitative estimate of drug-likeness (QED) is 0.797. The number of aromatic nitrogens is 1. The second kappa shape index (κ2) is 8.15. The van der Waals surface area contributed by atoms with Gasteiger partial charge in [0.2, 0.25) is 0 Å². The third-order valence-corrected chi connectivity index (χ3v) is 5.03. The molecule has 0 amide bonds. The Morgan fingerprint density at radius 1 is 1.32 bits per heavy atom. The van der Waals surface area contributed by atoms with Crippen LogP contribution in [0.2, 0.25) is 0 Å². The van der Waals surface area contributed by atoms with Crippen molar-refractivity contribution in [3.63, 3.8) is 0 Å². The number of benzene rings is 1. The van der Waals surface area contributed by atoms with E-state index in [1.807, 2.05) is 12.3 Å². The fourth-order valence-electron chi connectivity index (χ4n) is 3.19. The monoisotopic (exact) mass is 407 g/mol. The molecule has 3 rings (SSSR count). The molecule has 134 valence electrons. The van der Waals surface area contributed by atoms with E-state index >= 15 is 0 Å². The molecular formula is C19H23BrFN3O. The number of hydrogen-bond acceptors (Lipinski definition) is 4. The number of halogens is 2. The molecule has 0 aliphatic carbocycles. The summed E-state index contributed by atoms with van der Waals surface area (Å²) >= 11 is 3.44. The molecule has 0 bridgehead atoms. The fraction of sp³-hybridized carbons (Fsp3) is 0.421. The lowest BCUT2D eigenvalue weighted by molar-refractivity contribution is 0.211. The number of pyridine rings is 1. The smallest absolute Gasteiger partial charge is 0.165 e. The van der Waals surface area contributed by atoms with Crippen molar-refractivity contribution < 1.29 is 9.13 Å². The van der Waals surface area contributed by atoms with E-state index in [0.717, 1.165) is 53.9 Å². The Balaban J connectivity index is 1.52. The third kappa shape index (κ3) is 4.70. The number of aryl methyl sites for hydroxylation is 1. The zero-order chi connectivity index (χ0) is 17.8. The molecule has 0 unspecified atom stereocenters. The number of rotatable bonds is 5. The van der Waals surface area contributed by atoms with Gasteiger partial charge < -0.3 is 10.1 Å². The number of piperidine rings is 1. The first-order chi connectivity index (χ1) is 12.0. The summed E-state index contributed by atoms with van der Waals surface area (Å²) in [6.07, 6.45) is 3.92. The van der Waals surface area contributed by atoms with E-state index in [1.165, 1.54) is 7.11 Å². The predicted molar refractivity (Wildman–Crippen MR) is 102 cm³/mol. The molecule has 4 nitrogen and oxygen atoms in total. The summed E-state index contributed by atoms with van der Waals surface area (Å²) in [6, 6.07) is 7.69. The minimum absolute atomic E-state index is 0.295. The van der Waals surface area contributed by atoms with Crippen molar-refractivity contribution in [3.05, 3.63) is 51.9 Å². The van der Waals surface area contributed by atoms with Gasteiger partial charge in [0.05, 0.1) is 7.11 Å². The summed E-state index contributed by atoms with van der Waals surface area (Å²) in [6.45, 7) is 4.80. The first-order valence-electron chi connectivity index (χ1n) is 8.48. The maximum Gasteiger partial charge on any atom is 0.165 e. The van der Waals surface area contributed by atoms with Crippen molar-refractivity contribution in [1.82, 2.24) is 9.88 Å². The maximum absolute atomic E-state index is 13.8. The lowest BCUT2D eigenvalue weighted by Crippen LogP contribution is -2.38. The summed E-state index contributed by atoms with van der Waals surface area (Å²) < 4.78 is 19.8. The van der Waals surface area contributed by atoms with Crippen LogP contribution in [0.1, 0.15) is 24.0 Å². The summed E-state index contributed by atoms with van der Waals surface area (Å²) in [4.78, 5) is 6.82. The minimum atomic E-state index is -0.298. The molecule has 6 heteroatoms. The van der Waals surface area contributed by atoms with E-state index in [0.29, 0.717) is 11.8 Å². The summed E-state index contributed by atoms with van der Waals surface area (Å²) in [5.41, 5.74) is 2.13. The van der Waals surface area contributed by atoms with Crippen LogP contribution in [0.3, 0.4) is 0 Å². The van der Waals surface area contributed by atoms with Crippen molar-refractivity contribution in [2.75, 3.05) is 25.5 Å². The first kappa shape index (κ1) is 18.1. The van der Waals surface area contributed by atoms with E-state index in [4.69, 9.17) is 4.74 Å². The number of methoxy groups -OCH3 is 1. The van der Waals surface area contributed by atoms with Crippen molar-refractivity contribution in [2.24, 2.45) is 0 Å². The van der Waals surface area contributed by atoms with Gasteiger partial charge in [-0.1, -0.05) is 6.07 Å². The first-order valence-corrected chi connectivity index (χ1v) is 9.28. The van der Waals surface area contributed by atoms with Crippen molar-refractivity contribution in [3.8, 4) is 5.75 Å². The Bertz CT molecular complexity index is 733. The van der Waals surface area contributed by atoms with Crippen LogP contribution in [0, 0.1) is 12.7 Å². The van der Waals surface area contributed by atoms with Gasteiger partial charge in [-0.3, -0.25) is 4.90 Å². The highest BCUT2D eigenvalue weighted by Gasteiger charge is 2.20. The summed E-state index contributed by atoms with van der Waals surface area (Å²) in [7, 11) is 1.48. The number of nitrogens with zero attached hydrogens (tertiary/aromatic N) is 2. The Kier molecular flexibility index (Phi) is 5.91. The number of likely N-dealkylation sites (tertiary alicyclic amines) is 1. The highest BCUT2D eigenvalue weighted by molar-refractivity contribution is 9.10. The van der Waals surface area contributed by atoms with Crippen molar-refractivity contribution in [1.29, 1.82) is 0 Å². The number of hydrogen-bond donors (Lipinski definition) is 1. The Morgan fingerprint density at radius 3 is 2.72 bits per heavy atom. The topological polar surface area (TPSA) is 37.4 Å². The molecule has 1 N–H and O–H groups in total. The van der Waals surface area contributed by atoms with Gasteiger partial charge in [0, 0.05) is 36.3 Å². The molecule has 0 radical (unpaired) electrons. The van der Waals surface area contributed by atoms with Crippen molar-refractivity contribution >= 4 is 21.7 Å². The van der Waals surface area contributed by atoms with Crippen LogP contribution in [0.25, 0.3) is 0 Å². The largest absolute Gasteiger partial charge is 0.494 e. The third-order valence-electron chi connectivity index (χ3n) is 4.60. The Morgan fingerprint density at radius 2 is 2.08 bits per heavy atom. The van der Waals surface area contributed by atoms with Crippen molar-refractivity contribution in [2.45, 2.75) is 32.4 Å². The van der Waals surface area contributed by atoms with E-state index in [2.05, 4.69) is 44.1 Å². The molecule has 0 spiro atoms. The van der Waals surface area contributed by atoms with Gasteiger partial charge in [-0.2, -0.15) is 0 Å².